The molecule has 1 aliphatic heterocycles. The van der Waals surface area contributed by atoms with Crippen molar-refractivity contribution < 1.29 is 19.4 Å². The van der Waals surface area contributed by atoms with E-state index < -0.39 is 6.09 Å². The summed E-state index contributed by atoms with van der Waals surface area (Å²) in [5.41, 5.74) is 1.06. The first-order valence-electron chi connectivity index (χ1n) is 6.78. The quantitative estimate of drug-likeness (QED) is 0.887. The van der Waals surface area contributed by atoms with Crippen LogP contribution in [-0.2, 0) is 16.0 Å². The lowest BCUT2D eigenvalue weighted by molar-refractivity contribution is -0.133. The Morgan fingerprint density at radius 1 is 1.45 bits per heavy atom. The predicted octanol–water partition coefficient (Wildman–Crippen LogP) is 1.60. The molecule has 5 nitrogen and oxygen atoms in total. The SMILES string of the molecule is C[C@H](CCO)C(=O)N1C(=O)OC[C@H]1Cc1ccccc1. The van der Waals surface area contributed by atoms with E-state index in [-0.39, 0.29) is 31.1 Å². The van der Waals surface area contributed by atoms with Crippen molar-refractivity contribution >= 4 is 12.0 Å². The first kappa shape index (κ1) is 14.5. The Hall–Kier alpha value is -1.88. The van der Waals surface area contributed by atoms with E-state index in [0.29, 0.717) is 12.8 Å². The molecule has 2 amide bonds. The Bertz CT molecular complexity index is 474. The molecular weight excluding hydrogens is 258 g/mol. The third-order valence-corrected chi connectivity index (χ3v) is 3.50. The van der Waals surface area contributed by atoms with E-state index in [1.807, 2.05) is 30.3 Å². The van der Waals surface area contributed by atoms with Gasteiger partial charge in [0.05, 0.1) is 6.04 Å². The largest absolute Gasteiger partial charge is 0.447 e. The fourth-order valence-corrected chi connectivity index (χ4v) is 2.32. The number of rotatable bonds is 5. The van der Waals surface area contributed by atoms with Crippen LogP contribution < -0.4 is 0 Å². The molecule has 1 N–H and O–H groups in total. The zero-order valence-electron chi connectivity index (χ0n) is 11.5. The molecule has 1 aromatic carbocycles. The molecule has 1 fully saturated rings. The molecule has 1 saturated heterocycles. The molecule has 2 atom stereocenters. The molecule has 0 aromatic heterocycles. The summed E-state index contributed by atoms with van der Waals surface area (Å²) >= 11 is 0. The number of hydrogen-bond donors (Lipinski definition) is 1. The molecule has 108 valence electrons. The summed E-state index contributed by atoms with van der Waals surface area (Å²) in [5, 5.41) is 8.91. The van der Waals surface area contributed by atoms with Crippen molar-refractivity contribution in [3.05, 3.63) is 35.9 Å². The smallest absolute Gasteiger partial charge is 0.416 e. The lowest BCUT2D eigenvalue weighted by Gasteiger charge is -2.22. The first-order valence-corrected chi connectivity index (χ1v) is 6.78. The molecule has 5 heteroatoms. The highest BCUT2D eigenvalue weighted by Gasteiger charge is 2.39. The number of benzene rings is 1. The molecule has 2 rings (SSSR count). The molecule has 0 aliphatic carbocycles. The van der Waals surface area contributed by atoms with E-state index >= 15 is 0 Å². The molecule has 1 heterocycles. The van der Waals surface area contributed by atoms with Crippen molar-refractivity contribution in [3.8, 4) is 0 Å². The minimum absolute atomic E-state index is 0.0703. The van der Waals surface area contributed by atoms with Gasteiger partial charge in [0.25, 0.3) is 0 Å². The molecule has 0 bridgehead atoms. The van der Waals surface area contributed by atoms with Gasteiger partial charge in [0.1, 0.15) is 6.61 Å². The minimum atomic E-state index is -0.583. The highest BCUT2D eigenvalue weighted by atomic mass is 16.6. The van der Waals surface area contributed by atoms with Crippen LogP contribution in [0.25, 0.3) is 0 Å². The normalized spacial score (nSPS) is 19.8. The van der Waals surface area contributed by atoms with E-state index in [2.05, 4.69) is 0 Å². The second kappa shape index (κ2) is 6.52. The molecule has 1 aliphatic rings. The maximum atomic E-state index is 12.3. The molecule has 0 spiro atoms. The van der Waals surface area contributed by atoms with Crippen LogP contribution in [0, 0.1) is 5.92 Å². The fraction of sp³-hybridized carbons (Fsp3) is 0.467. The summed E-state index contributed by atoms with van der Waals surface area (Å²) in [6.45, 7) is 1.87. The number of amides is 2. The van der Waals surface area contributed by atoms with Gasteiger partial charge in [-0.25, -0.2) is 9.69 Å². The molecule has 20 heavy (non-hydrogen) atoms. The van der Waals surface area contributed by atoms with Gasteiger partial charge in [0.15, 0.2) is 0 Å². The van der Waals surface area contributed by atoms with Gasteiger partial charge in [0, 0.05) is 12.5 Å². The zero-order valence-corrected chi connectivity index (χ0v) is 11.5. The second-order valence-corrected chi connectivity index (χ2v) is 5.04. The molecule has 0 radical (unpaired) electrons. The van der Waals surface area contributed by atoms with Crippen molar-refractivity contribution in [2.75, 3.05) is 13.2 Å². The average molecular weight is 277 g/mol. The second-order valence-electron chi connectivity index (χ2n) is 5.04. The summed E-state index contributed by atoms with van der Waals surface area (Å²) in [4.78, 5) is 25.2. The van der Waals surface area contributed by atoms with Crippen molar-refractivity contribution in [2.45, 2.75) is 25.8 Å². The van der Waals surface area contributed by atoms with E-state index in [9.17, 15) is 9.59 Å². The van der Waals surface area contributed by atoms with Gasteiger partial charge in [-0.05, 0) is 18.4 Å². The Labute approximate surface area is 118 Å². The van der Waals surface area contributed by atoms with Gasteiger partial charge in [0.2, 0.25) is 5.91 Å². The summed E-state index contributed by atoms with van der Waals surface area (Å²) < 4.78 is 5.00. The highest BCUT2D eigenvalue weighted by Crippen LogP contribution is 2.20. The van der Waals surface area contributed by atoms with Gasteiger partial charge < -0.3 is 9.84 Å². The number of ether oxygens (including phenoxy) is 1. The van der Waals surface area contributed by atoms with E-state index in [1.165, 1.54) is 4.90 Å². The highest BCUT2D eigenvalue weighted by molar-refractivity contribution is 5.94. The lowest BCUT2D eigenvalue weighted by Crippen LogP contribution is -2.43. The monoisotopic (exact) mass is 277 g/mol. The molecule has 0 unspecified atom stereocenters. The number of carbonyl (C=O) groups excluding carboxylic acids is 2. The fourth-order valence-electron chi connectivity index (χ4n) is 2.32. The minimum Gasteiger partial charge on any atom is -0.447 e. The van der Waals surface area contributed by atoms with Crippen molar-refractivity contribution in [3.63, 3.8) is 0 Å². The number of carbonyl (C=O) groups is 2. The number of aliphatic hydroxyl groups excluding tert-OH is 1. The summed E-state index contributed by atoms with van der Waals surface area (Å²) in [6, 6.07) is 9.43. The van der Waals surface area contributed by atoms with E-state index in [4.69, 9.17) is 9.84 Å². The number of aliphatic hydroxyl groups is 1. The Kier molecular flexibility index (Phi) is 4.74. The summed E-state index contributed by atoms with van der Waals surface area (Å²) in [7, 11) is 0. The van der Waals surface area contributed by atoms with Crippen molar-refractivity contribution in [1.82, 2.24) is 4.90 Å². The maximum Gasteiger partial charge on any atom is 0.416 e. The summed E-state index contributed by atoms with van der Waals surface area (Å²) in [5.74, 6) is -0.661. The van der Waals surface area contributed by atoms with Gasteiger partial charge in [-0.1, -0.05) is 37.3 Å². The summed E-state index contributed by atoms with van der Waals surface area (Å²) in [6.07, 6.45) is 0.353. The lowest BCUT2D eigenvalue weighted by atomic mass is 10.0. The first-order chi connectivity index (χ1) is 9.63. The van der Waals surface area contributed by atoms with Crippen LogP contribution >= 0.6 is 0 Å². The molecular formula is C15H19NO4. The van der Waals surface area contributed by atoms with Crippen LogP contribution in [0.3, 0.4) is 0 Å². The number of imide groups is 1. The van der Waals surface area contributed by atoms with E-state index in [0.717, 1.165) is 5.56 Å². The Balaban J connectivity index is 2.08. The van der Waals surface area contributed by atoms with Crippen LogP contribution in [-0.4, -0.2) is 41.3 Å². The third-order valence-electron chi connectivity index (χ3n) is 3.50. The van der Waals surface area contributed by atoms with Crippen LogP contribution in [0.1, 0.15) is 18.9 Å². The topological polar surface area (TPSA) is 66.8 Å². The third kappa shape index (κ3) is 3.17. The molecule has 0 saturated carbocycles. The molecule has 1 aromatic rings. The van der Waals surface area contributed by atoms with Gasteiger partial charge >= 0.3 is 6.09 Å². The van der Waals surface area contributed by atoms with Crippen molar-refractivity contribution in [2.24, 2.45) is 5.92 Å². The Morgan fingerprint density at radius 3 is 2.80 bits per heavy atom. The average Bonchev–Trinajstić information content (AvgIpc) is 2.80. The predicted molar refractivity (Wildman–Crippen MR) is 73.0 cm³/mol. The van der Waals surface area contributed by atoms with E-state index in [1.54, 1.807) is 6.92 Å². The number of hydrogen-bond acceptors (Lipinski definition) is 4. The van der Waals surface area contributed by atoms with Crippen LogP contribution in [0.5, 0.6) is 0 Å². The van der Waals surface area contributed by atoms with Gasteiger partial charge in [-0.3, -0.25) is 4.79 Å². The van der Waals surface area contributed by atoms with Crippen molar-refractivity contribution in [1.29, 1.82) is 0 Å². The van der Waals surface area contributed by atoms with Gasteiger partial charge in [-0.2, -0.15) is 0 Å². The van der Waals surface area contributed by atoms with Gasteiger partial charge in [-0.15, -0.1) is 0 Å². The Morgan fingerprint density at radius 2 is 2.15 bits per heavy atom. The number of cyclic esters (lactones) is 1. The number of nitrogens with zero attached hydrogens (tertiary/aromatic N) is 1. The maximum absolute atomic E-state index is 12.3. The zero-order chi connectivity index (χ0) is 14.5. The van der Waals surface area contributed by atoms with Crippen LogP contribution in [0.2, 0.25) is 0 Å². The van der Waals surface area contributed by atoms with Crippen LogP contribution in [0.4, 0.5) is 4.79 Å². The standard InChI is InChI=1S/C15H19NO4/c1-11(7-8-17)14(18)16-13(10-20-15(16)19)9-12-5-3-2-4-6-12/h2-6,11,13,17H,7-10H2,1H3/t11-,13-/m1/s1. The van der Waals surface area contributed by atoms with Crippen LogP contribution in [0.15, 0.2) is 30.3 Å².